The largest absolute Gasteiger partial charge is 0.464 e. The molecular formula is C44H26OS. The maximum atomic E-state index is 6.18. The van der Waals surface area contributed by atoms with Crippen LogP contribution in [0.15, 0.2) is 162 Å². The van der Waals surface area contributed by atoms with Gasteiger partial charge >= 0.3 is 0 Å². The zero-order valence-corrected chi connectivity index (χ0v) is 25.6. The van der Waals surface area contributed by atoms with Crippen LogP contribution >= 0.6 is 11.3 Å². The van der Waals surface area contributed by atoms with Gasteiger partial charge in [-0.1, -0.05) is 127 Å². The maximum absolute atomic E-state index is 6.18. The number of fused-ring (bicyclic) bond motifs is 7. The summed E-state index contributed by atoms with van der Waals surface area (Å²) in [6, 6.07) is 55.2. The Hall–Kier alpha value is -5.70. The molecule has 0 saturated carbocycles. The van der Waals surface area contributed by atoms with E-state index in [4.69, 9.17) is 4.42 Å². The highest BCUT2D eigenvalue weighted by molar-refractivity contribution is 7.25. The van der Waals surface area contributed by atoms with Crippen molar-refractivity contribution in [3.8, 4) is 33.4 Å². The predicted molar refractivity (Wildman–Crippen MR) is 198 cm³/mol. The summed E-state index contributed by atoms with van der Waals surface area (Å²) in [6.45, 7) is 0. The van der Waals surface area contributed by atoms with Crippen LogP contribution in [-0.4, -0.2) is 0 Å². The Labute approximate surface area is 269 Å². The Kier molecular flexibility index (Phi) is 5.51. The fraction of sp³-hybridized carbons (Fsp3) is 0. The number of furan rings is 1. The van der Waals surface area contributed by atoms with Crippen LogP contribution in [0.5, 0.6) is 0 Å². The molecule has 1 nitrogen and oxygen atoms in total. The van der Waals surface area contributed by atoms with Gasteiger partial charge in [0.1, 0.15) is 5.58 Å². The molecule has 0 radical (unpaired) electrons. The molecule has 0 bridgehead atoms. The number of hydrogen-bond acceptors (Lipinski definition) is 2. The summed E-state index contributed by atoms with van der Waals surface area (Å²) in [6.07, 6.45) is 1.91. The van der Waals surface area contributed by atoms with E-state index in [1.165, 1.54) is 80.3 Å². The normalized spacial score (nSPS) is 11.9. The maximum Gasteiger partial charge on any atom is 0.135 e. The molecule has 2 heterocycles. The summed E-state index contributed by atoms with van der Waals surface area (Å²) in [5, 5.41) is 11.3. The summed E-state index contributed by atoms with van der Waals surface area (Å²) >= 11 is 1.86. The highest BCUT2D eigenvalue weighted by atomic mass is 32.1. The average molecular weight is 603 g/mol. The first-order valence-corrected chi connectivity index (χ1v) is 16.5. The lowest BCUT2D eigenvalue weighted by Gasteiger charge is -2.17. The van der Waals surface area contributed by atoms with Gasteiger partial charge in [-0.3, -0.25) is 0 Å². The third-order valence-electron chi connectivity index (χ3n) is 9.51. The minimum absolute atomic E-state index is 0.924. The molecule has 0 N–H and O–H groups in total. The summed E-state index contributed by atoms with van der Waals surface area (Å²) < 4.78 is 8.74. The van der Waals surface area contributed by atoms with E-state index in [-0.39, 0.29) is 0 Å². The van der Waals surface area contributed by atoms with Crippen molar-refractivity contribution in [3.63, 3.8) is 0 Å². The van der Waals surface area contributed by atoms with Gasteiger partial charge in [0.2, 0.25) is 0 Å². The second-order valence-corrected chi connectivity index (χ2v) is 13.2. The molecule has 10 rings (SSSR count). The van der Waals surface area contributed by atoms with Gasteiger partial charge in [0.25, 0.3) is 0 Å². The molecule has 2 heteroatoms. The Morgan fingerprint density at radius 1 is 0.370 bits per heavy atom. The molecule has 0 atom stereocenters. The number of benzene rings is 8. The lowest BCUT2D eigenvalue weighted by Crippen LogP contribution is -1.90. The van der Waals surface area contributed by atoms with Gasteiger partial charge in [0.05, 0.1) is 6.26 Å². The summed E-state index contributed by atoms with van der Waals surface area (Å²) in [5.41, 5.74) is 8.31. The van der Waals surface area contributed by atoms with Crippen LogP contribution in [0.4, 0.5) is 0 Å². The highest BCUT2D eigenvalue weighted by Crippen LogP contribution is 2.46. The minimum atomic E-state index is 0.924. The molecular weight excluding hydrogens is 577 g/mol. The summed E-state index contributed by atoms with van der Waals surface area (Å²) in [4.78, 5) is 0. The lowest BCUT2D eigenvalue weighted by atomic mass is 9.86. The molecule has 0 aliphatic rings. The van der Waals surface area contributed by atoms with Crippen molar-refractivity contribution >= 4 is 74.8 Å². The third-order valence-corrected chi connectivity index (χ3v) is 10.6. The predicted octanol–water partition coefficient (Wildman–Crippen LogP) is 13.3. The zero-order valence-electron chi connectivity index (χ0n) is 24.8. The molecule has 0 unspecified atom stereocenters. The van der Waals surface area contributed by atoms with Gasteiger partial charge in [-0.15, -0.1) is 11.3 Å². The van der Waals surface area contributed by atoms with E-state index >= 15 is 0 Å². The third kappa shape index (κ3) is 3.81. The van der Waals surface area contributed by atoms with E-state index in [0.29, 0.717) is 0 Å². The number of thiophene rings is 1. The molecule has 0 aliphatic heterocycles. The highest BCUT2D eigenvalue weighted by Gasteiger charge is 2.18. The van der Waals surface area contributed by atoms with Gasteiger partial charge in [-0.2, -0.15) is 0 Å². The lowest BCUT2D eigenvalue weighted by molar-refractivity contribution is 0.617. The number of rotatable bonds is 3. The molecule has 2 aromatic heterocycles. The van der Waals surface area contributed by atoms with Gasteiger partial charge in [0, 0.05) is 31.1 Å². The standard InChI is InChI=1S/C44H26OS/c1-2-11-28(12-3-1)43-33-14-6-8-16-35(33)44(36-17-9-7-15-34(36)43)31-20-21-32-38-24-40-37(25-42(38)46-41(32)23-31)39(26-45-40)30-19-18-27-10-4-5-13-29(27)22-30/h1-26H. The van der Waals surface area contributed by atoms with Crippen LogP contribution < -0.4 is 0 Å². The topological polar surface area (TPSA) is 13.1 Å². The Morgan fingerprint density at radius 2 is 0.978 bits per heavy atom. The summed E-state index contributed by atoms with van der Waals surface area (Å²) in [5.74, 6) is 0. The fourth-order valence-corrected chi connectivity index (χ4v) is 8.55. The summed E-state index contributed by atoms with van der Waals surface area (Å²) in [7, 11) is 0. The van der Waals surface area contributed by atoms with Gasteiger partial charge < -0.3 is 4.42 Å². The van der Waals surface area contributed by atoms with Gasteiger partial charge in [-0.25, -0.2) is 0 Å². The molecule has 46 heavy (non-hydrogen) atoms. The van der Waals surface area contributed by atoms with E-state index in [0.717, 1.165) is 16.5 Å². The molecule has 214 valence electrons. The van der Waals surface area contributed by atoms with Crippen LogP contribution in [0.3, 0.4) is 0 Å². The second-order valence-electron chi connectivity index (χ2n) is 12.1. The molecule has 0 aliphatic carbocycles. The molecule has 0 amide bonds. The Bertz CT molecular complexity index is 2740. The number of hydrogen-bond donors (Lipinski definition) is 0. The first kappa shape index (κ1) is 25.6. The van der Waals surface area contributed by atoms with Crippen molar-refractivity contribution in [2.24, 2.45) is 0 Å². The molecule has 0 saturated heterocycles. The average Bonchev–Trinajstić information content (AvgIpc) is 3.69. The van der Waals surface area contributed by atoms with Crippen molar-refractivity contribution in [3.05, 3.63) is 158 Å². The Morgan fingerprint density at radius 3 is 1.72 bits per heavy atom. The zero-order chi connectivity index (χ0) is 30.2. The smallest absolute Gasteiger partial charge is 0.135 e. The SMILES string of the molecule is c1ccc(-c2c3ccccc3c(-c3ccc4c(c3)sc3cc5c(-c6ccc7ccccc7c6)coc5cc34)c3ccccc23)cc1. The monoisotopic (exact) mass is 602 g/mol. The van der Waals surface area contributed by atoms with Crippen molar-refractivity contribution in [2.75, 3.05) is 0 Å². The van der Waals surface area contributed by atoms with Crippen molar-refractivity contribution in [1.82, 2.24) is 0 Å². The van der Waals surface area contributed by atoms with Crippen LogP contribution in [0.2, 0.25) is 0 Å². The van der Waals surface area contributed by atoms with E-state index in [9.17, 15) is 0 Å². The molecule has 10 aromatic rings. The Balaban J connectivity index is 1.18. The van der Waals surface area contributed by atoms with Gasteiger partial charge in [0.15, 0.2) is 0 Å². The molecule has 0 fully saturated rings. The molecule has 0 spiro atoms. The van der Waals surface area contributed by atoms with Crippen LogP contribution in [0.25, 0.3) is 96.8 Å². The van der Waals surface area contributed by atoms with Gasteiger partial charge in [-0.05, 0) is 84.4 Å². The van der Waals surface area contributed by atoms with Crippen LogP contribution in [0.1, 0.15) is 0 Å². The van der Waals surface area contributed by atoms with Crippen molar-refractivity contribution < 1.29 is 4.42 Å². The van der Waals surface area contributed by atoms with Crippen LogP contribution in [0, 0.1) is 0 Å². The first-order valence-electron chi connectivity index (χ1n) is 15.7. The fourth-order valence-electron chi connectivity index (χ4n) is 7.39. The van der Waals surface area contributed by atoms with E-state index in [1.54, 1.807) is 0 Å². The first-order chi connectivity index (χ1) is 22.8. The second kappa shape index (κ2) is 9.90. The minimum Gasteiger partial charge on any atom is -0.464 e. The van der Waals surface area contributed by atoms with E-state index in [2.05, 4.69) is 152 Å². The molecule has 8 aromatic carbocycles. The quantitative estimate of drug-likeness (QED) is 0.183. The van der Waals surface area contributed by atoms with E-state index in [1.807, 2.05) is 17.6 Å². The van der Waals surface area contributed by atoms with E-state index < -0.39 is 0 Å². The van der Waals surface area contributed by atoms with Crippen LogP contribution in [-0.2, 0) is 0 Å². The van der Waals surface area contributed by atoms with Crippen molar-refractivity contribution in [2.45, 2.75) is 0 Å². The van der Waals surface area contributed by atoms with Crippen molar-refractivity contribution in [1.29, 1.82) is 0 Å².